The zero-order valence-corrected chi connectivity index (χ0v) is 16.8. The molecular weight excluding hydrogens is 342 g/mol. The predicted octanol–water partition coefficient (Wildman–Crippen LogP) is 2.53. The minimum Gasteiger partial charge on any atom is -0.370 e. The zero-order chi connectivity index (χ0) is 19.3. The molecule has 2 N–H and O–H groups in total. The number of piperidine rings is 1. The van der Waals surface area contributed by atoms with Crippen LogP contribution in [0.25, 0.3) is 0 Å². The molecule has 1 aromatic rings. The molecule has 150 valence electrons. The number of allylic oxidation sites excluding steroid dienone is 1. The Bertz CT molecular complexity index is 631. The van der Waals surface area contributed by atoms with E-state index >= 15 is 0 Å². The first-order chi connectivity index (χ1) is 13.0. The van der Waals surface area contributed by atoms with E-state index in [0.717, 1.165) is 51.1 Å². The van der Waals surface area contributed by atoms with Crippen molar-refractivity contribution in [1.29, 1.82) is 0 Å². The molecule has 2 aliphatic rings. The summed E-state index contributed by atoms with van der Waals surface area (Å²) in [6.45, 7) is 8.57. The number of ether oxygens (including phenoxy) is 1. The van der Waals surface area contributed by atoms with Gasteiger partial charge in [-0.3, -0.25) is 4.90 Å². The topological polar surface area (TPSA) is 73.5 Å². The van der Waals surface area contributed by atoms with Crippen molar-refractivity contribution in [2.24, 2.45) is 0 Å². The number of carbonyl (C=O) groups is 1. The van der Waals surface area contributed by atoms with Crippen LogP contribution in [0.2, 0.25) is 0 Å². The van der Waals surface area contributed by atoms with Crippen LogP contribution < -0.4 is 5.32 Å². The van der Waals surface area contributed by atoms with Crippen LogP contribution in [0.3, 0.4) is 0 Å². The molecule has 3 heterocycles. The molecule has 2 amide bonds. The van der Waals surface area contributed by atoms with Gasteiger partial charge in [0.25, 0.3) is 0 Å². The van der Waals surface area contributed by atoms with E-state index in [1.807, 2.05) is 0 Å². The molecule has 2 aliphatic heterocycles. The molecule has 27 heavy (non-hydrogen) atoms. The van der Waals surface area contributed by atoms with Crippen LogP contribution in [0, 0.1) is 0 Å². The number of H-pyrrole nitrogens is 1. The summed E-state index contributed by atoms with van der Waals surface area (Å²) in [6, 6.07) is -0.0903. The molecule has 3 rings (SSSR count). The van der Waals surface area contributed by atoms with Crippen LogP contribution in [0.1, 0.15) is 45.4 Å². The largest absolute Gasteiger partial charge is 0.370 e. The molecule has 0 unspecified atom stereocenters. The van der Waals surface area contributed by atoms with Gasteiger partial charge in [0.05, 0.1) is 18.2 Å². The first-order valence-electron chi connectivity index (χ1n) is 9.96. The molecule has 1 spiro atoms. The predicted molar refractivity (Wildman–Crippen MR) is 105 cm³/mol. The van der Waals surface area contributed by atoms with Gasteiger partial charge in [0.2, 0.25) is 0 Å². The lowest BCUT2D eigenvalue weighted by Crippen LogP contribution is -2.45. The highest BCUT2D eigenvalue weighted by atomic mass is 16.5. The number of imidazole rings is 1. The first-order valence-corrected chi connectivity index (χ1v) is 9.96. The Morgan fingerprint density at radius 1 is 1.44 bits per heavy atom. The number of nitrogens with zero attached hydrogens (tertiary/aromatic N) is 3. The van der Waals surface area contributed by atoms with E-state index < -0.39 is 0 Å². The van der Waals surface area contributed by atoms with Gasteiger partial charge in [-0.25, -0.2) is 9.78 Å². The summed E-state index contributed by atoms with van der Waals surface area (Å²) in [5.41, 5.74) is 1.40. The fourth-order valence-electron chi connectivity index (χ4n) is 3.88. The Kier molecular flexibility index (Phi) is 6.55. The Labute approximate surface area is 162 Å². The van der Waals surface area contributed by atoms with Gasteiger partial charge < -0.3 is 19.9 Å². The normalized spacial score (nSPS) is 22.0. The quantitative estimate of drug-likeness (QED) is 0.750. The minimum absolute atomic E-state index is 0.0247. The van der Waals surface area contributed by atoms with E-state index in [0.29, 0.717) is 13.1 Å². The monoisotopic (exact) mass is 375 g/mol. The van der Waals surface area contributed by atoms with E-state index in [9.17, 15) is 4.79 Å². The second-order valence-corrected chi connectivity index (χ2v) is 8.12. The van der Waals surface area contributed by atoms with Gasteiger partial charge in [-0.2, -0.15) is 0 Å². The Morgan fingerprint density at radius 3 is 2.89 bits per heavy atom. The fraction of sp³-hybridized carbons (Fsp3) is 0.700. The van der Waals surface area contributed by atoms with Crippen LogP contribution in [-0.2, 0) is 11.3 Å². The number of amides is 2. The van der Waals surface area contributed by atoms with E-state index in [1.54, 1.807) is 24.3 Å². The average molecular weight is 376 g/mol. The van der Waals surface area contributed by atoms with Gasteiger partial charge in [0.15, 0.2) is 0 Å². The number of hydrogen-bond acceptors (Lipinski definition) is 4. The van der Waals surface area contributed by atoms with Crippen molar-refractivity contribution in [3.63, 3.8) is 0 Å². The molecule has 0 aliphatic carbocycles. The SMILES string of the molecule is CC(C)=CCN1CCC2(CC[C@H](CNC(=O)N(C)Cc3ncc[nH]3)O2)CC1. The van der Waals surface area contributed by atoms with E-state index in [-0.39, 0.29) is 17.7 Å². The van der Waals surface area contributed by atoms with Crippen LogP contribution in [0.15, 0.2) is 24.0 Å². The first kappa shape index (κ1) is 19.9. The average Bonchev–Trinajstić information content (AvgIpc) is 3.29. The summed E-state index contributed by atoms with van der Waals surface area (Å²) in [6.07, 6.45) is 10.2. The molecule has 0 bridgehead atoms. The lowest BCUT2D eigenvalue weighted by atomic mass is 9.88. The molecule has 1 atom stereocenters. The van der Waals surface area contributed by atoms with Crippen molar-refractivity contribution in [3.05, 3.63) is 29.9 Å². The second kappa shape index (κ2) is 8.89. The Hall–Kier alpha value is -1.86. The number of urea groups is 1. The Morgan fingerprint density at radius 2 is 2.22 bits per heavy atom. The third kappa shape index (κ3) is 5.56. The maximum atomic E-state index is 12.3. The highest BCUT2D eigenvalue weighted by Crippen LogP contribution is 2.38. The number of rotatable bonds is 6. The molecule has 0 radical (unpaired) electrons. The van der Waals surface area contributed by atoms with Crippen molar-refractivity contribution in [1.82, 2.24) is 25.1 Å². The summed E-state index contributed by atoms with van der Waals surface area (Å²) < 4.78 is 6.41. The van der Waals surface area contributed by atoms with Gasteiger partial charge in [-0.1, -0.05) is 11.6 Å². The van der Waals surface area contributed by atoms with E-state index in [4.69, 9.17) is 4.74 Å². The third-order valence-electron chi connectivity index (χ3n) is 5.63. The lowest BCUT2D eigenvalue weighted by molar-refractivity contribution is -0.0740. The highest BCUT2D eigenvalue weighted by molar-refractivity contribution is 5.73. The summed E-state index contributed by atoms with van der Waals surface area (Å²) in [7, 11) is 1.77. The molecule has 7 heteroatoms. The van der Waals surface area contributed by atoms with Gasteiger partial charge in [-0.05, 0) is 39.5 Å². The van der Waals surface area contributed by atoms with Gasteiger partial charge >= 0.3 is 6.03 Å². The third-order valence-corrected chi connectivity index (χ3v) is 5.63. The molecule has 2 saturated heterocycles. The molecular formula is C20H33N5O2. The number of nitrogens with one attached hydrogen (secondary N) is 2. The molecule has 1 aromatic heterocycles. The van der Waals surface area contributed by atoms with Gasteiger partial charge in [0.1, 0.15) is 5.82 Å². The molecule has 0 aromatic carbocycles. The van der Waals surface area contributed by atoms with Crippen LogP contribution >= 0.6 is 0 Å². The summed E-state index contributed by atoms with van der Waals surface area (Å²) >= 11 is 0. The van der Waals surface area contributed by atoms with Gasteiger partial charge in [0, 0.05) is 45.6 Å². The van der Waals surface area contributed by atoms with Gasteiger partial charge in [-0.15, -0.1) is 0 Å². The lowest BCUT2D eigenvalue weighted by Gasteiger charge is -2.39. The number of hydrogen-bond donors (Lipinski definition) is 2. The maximum absolute atomic E-state index is 12.3. The van der Waals surface area contributed by atoms with E-state index in [1.165, 1.54) is 5.57 Å². The van der Waals surface area contributed by atoms with E-state index in [2.05, 4.69) is 40.1 Å². The zero-order valence-electron chi connectivity index (χ0n) is 16.8. The number of aromatic amines is 1. The highest BCUT2D eigenvalue weighted by Gasteiger charge is 2.42. The Balaban J connectivity index is 1.38. The van der Waals surface area contributed by atoms with Crippen LogP contribution in [0.5, 0.6) is 0 Å². The minimum atomic E-state index is -0.0903. The van der Waals surface area contributed by atoms with Crippen molar-refractivity contribution >= 4 is 6.03 Å². The van der Waals surface area contributed by atoms with Crippen molar-refractivity contribution in [2.75, 3.05) is 33.2 Å². The standard InChI is InChI=1S/C20H33N5O2/c1-16(2)5-11-25-12-7-20(8-13-25)6-4-17(27-20)14-23-19(26)24(3)15-18-21-9-10-22-18/h5,9-10,17H,4,6-8,11-15H2,1-3H3,(H,21,22)(H,23,26)/t17-/m1/s1. The fourth-order valence-corrected chi connectivity index (χ4v) is 3.88. The number of likely N-dealkylation sites (tertiary alicyclic amines) is 1. The summed E-state index contributed by atoms with van der Waals surface area (Å²) in [5, 5.41) is 3.00. The van der Waals surface area contributed by atoms with Crippen molar-refractivity contribution in [3.8, 4) is 0 Å². The van der Waals surface area contributed by atoms with Crippen LogP contribution in [-0.4, -0.2) is 70.7 Å². The smallest absolute Gasteiger partial charge is 0.317 e. The maximum Gasteiger partial charge on any atom is 0.317 e. The molecule has 7 nitrogen and oxygen atoms in total. The number of carbonyl (C=O) groups excluding carboxylic acids is 1. The summed E-state index contributed by atoms with van der Waals surface area (Å²) in [4.78, 5) is 23.6. The van der Waals surface area contributed by atoms with Crippen molar-refractivity contribution in [2.45, 2.75) is 57.8 Å². The number of aromatic nitrogens is 2. The summed E-state index contributed by atoms with van der Waals surface area (Å²) in [5.74, 6) is 0.781. The molecule has 0 saturated carbocycles. The molecule has 2 fully saturated rings. The second-order valence-electron chi connectivity index (χ2n) is 8.12. The van der Waals surface area contributed by atoms with Crippen LogP contribution in [0.4, 0.5) is 4.79 Å². The van der Waals surface area contributed by atoms with Crippen molar-refractivity contribution < 1.29 is 9.53 Å².